The number of nitrogen functional groups attached to an aromatic ring is 1. The highest BCUT2D eigenvalue weighted by atomic mass is 16.2. The highest BCUT2D eigenvalue weighted by Gasteiger charge is 2.45. The number of carbonyl (C=O) groups is 5. The number of carbonyl (C=O) groups excluding carboxylic acids is 5. The van der Waals surface area contributed by atoms with E-state index in [0.29, 0.717) is 11.4 Å². The van der Waals surface area contributed by atoms with Crippen molar-refractivity contribution in [2.24, 2.45) is 0 Å². The molecule has 1 aromatic heterocycles. The lowest BCUT2D eigenvalue weighted by Gasteiger charge is -2.27. The van der Waals surface area contributed by atoms with Crippen LogP contribution in [0.2, 0.25) is 0 Å². The van der Waals surface area contributed by atoms with E-state index in [0.717, 1.165) is 10.5 Å². The maximum absolute atomic E-state index is 13.1. The van der Waals surface area contributed by atoms with Crippen LogP contribution >= 0.6 is 0 Å². The summed E-state index contributed by atoms with van der Waals surface area (Å²) in [6.07, 6.45) is 1.64. The monoisotopic (exact) mass is 473 g/mol. The van der Waals surface area contributed by atoms with Gasteiger partial charge in [-0.2, -0.15) is 0 Å². The van der Waals surface area contributed by atoms with Crippen LogP contribution in [-0.2, 0) is 20.9 Å². The van der Waals surface area contributed by atoms with Gasteiger partial charge >= 0.3 is 0 Å². The molecular formula is C23H19N7O5. The Labute approximate surface area is 198 Å². The summed E-state index contributed by atoms with van der Waals surface area (Å²) < 4.78 is 1.33. The van der Waals surface area contributed by atoms with Crippen molar-refractivity contribution in [3.63, 3.8) is 0 Å². The number of aromatic nitrogens is 3. The van der Waals surface area contributed by atoms with Gasteiger partial charge in [-0.3, -0.25) is 34.2 Å². The van der Waals surface area contributed by atoms with Gasteiger partial charge in [0.15, 0.2) is 0 Å². The third kappa shape index (κ3) is 4.01. The van der Waals surface area contributed by atoms with E-state index >= 15 is 0 Å². The Kier molecular flexibility index (Phi) is 5.32. The molecule has 12 heteroatoms. The molecule has 5 amide bonds. The quantitative estimate of drug-likeness (QED) is 0.357. The van der Waals surface area contributed by atoms with Gasteiger partial charge in [-0.1, -0.05) is 23.4 Å². The van der Waals surface area contributed by atoms with Crippen molar-refractivity contribution in [1.82, 2.24) is 25.2 Å². The van der Waals surface area contributed by atoms with Gasteiger partial charge in [-0.05, 0) is 30.7 Å². The van der Waals surface area contributed by atoms with Gasteiger partial charge in [0.1, 0.15) is 18.3 Å². The fourth-order valence-corrected chi connectivity index (χ4v) is 4.16. The molecule has 1 saturated heterocycles. The molecule has 2 aliphatic rings. The molecule has 0 spiro atoms. The molecule has 12 nitrogen and oxygen atoms in total. The number of hydrogen-bond donors (Lipinski definition) is 3. The van der Waals surface area contributed by atoms with E-state index in [4.69, 9.17) is 5.73 Å². The summed E-state index contributed by atoms with van der Waals surface area (Å²) in [5, 5.41) is 12.8. The van der Waals surface area contributed by atoms with E-state index in [1.54, 1.807) is 24.4 Å². The van der Waals surface area contributed by atoms with Crippen LogP contribution in [0.3, 0.4) is 0 Å². The zero-order valence-corrected chi connectivity index (χ0v) is 18.2. The maximum atomic E-state index is 13.1. The summed E-state index contributed by atoms with van der Waals surface area (Å²) in [5.41, 5.74) is 7.84. The SMILES string of the molecule is Nc1cccc(-c2cn(CC(=O)Nc3cccc4c3C(=O)N(C3CCC(=O)NC3=O)C4=O)nn2)c1. The normalized spacial score (nSPS) is 17.4. The number of anilines is 2. The molecule has 1 atom stereocenters. The van der Waals surface area contributed by atoms with Gasteiger partial charge < -0.3 is 11.1 Å². The van der Waals surface area contributed by atoms with Crippen LogP contribution in [0.25, 0.3) is 11.3 Å². The first-order valence-corrected chi connectivity index (χ1v) is 10.7. The van der Waals surface area contributed by atoms with Crippen molar-refractivity contribution < 1.29 is 24.0 Å². The fraction of sp³-hybridized carbons (Fsp3) is 0.174. The molecule has 3 aromatic rings. The largest absolute Gasteiger partial charge is 0.399 e. The van der Waals surface area contributed by atoms with E-state index in [1.165, 1.54) is 22.9 Å². The molecule has 1 fully saturated rings. The second-order valence-corrected chi connectivity index (χ2v) is 8.15. The Morgan fingerprint density at radius 3 is 2.69 bits per heavy atom. The molecule has 4 N–H and O–H groups in total. The number of imide groups is 2. The molecule has 2 aliphatic heterocycles. The standard InChI is InChI=1S/C23H19N7O5/c24-13-4-1-3-12(9-13)16-10-29(28-27-16)11-19(32)25-15-6-2-5-14-20(15)23(35)30(22(14)34)17-7-8-18(31)26-21(17)33/h1-6,9-10,17H,7-8,11,24H2,(H,25,32)(H,26,31,33). The van der Waals surface area contributed by atoms with Crippen molar-refractivity contribution >= 4 is 40.9 Å². The number of nitrogens with one attached hydrogen (secondary N) is 2. The Morgan fingerprint density at radius 2 is 1.91 bits per heavy atom. The second-order valence-electron chi connectivity index (χ2n) is 8.15. The molecule has 5 rings (SSSR count). The predicted molar refractivity (Wildman–Crippen MR) is 122 cm³/mol. The number of benzene rings is 2. The molecule has 0 aliphatic carbocycles. The summed E-state index contributed by atoms with van der Waals surface area (Å²) in [6.45, 7) is -0.196. The minimum atomic E-state index is -1.09. The van der Waals surface area contributed by atoms with E-state index in [2.05, 4.69) is 20.9 Å². The van der Waals surface area contributed by atoms with Gasteiger partial charge in [0, 0.05) is 17.7 Å². The summed E-state index contributed by atoms with van der Waals surface area (Å²) in [4.78, 5) is 63.3. The third-order valence-electron chi connectivity index (χ3n) is 5.77. The summed E-state index contributed by atoms with van der Waals surface area (Å²) in [6, 6.07) is 10.5. The van der Waals surface area contributed by atoms with Gasteiger partial charge in [-0.15, -0.1) is 5.10 Å². The Hall–Kier alpha value is -4.87. The zero-order valence-electron chi connectivity index (χ0n) is 18.2. The smallest absolute Gasteiger partial charge is 0.264 e. The van der Waals surface area contributed by atoms with Crippen molar-refractivity contribution in [2.45, 2.75) is 25.4 Å². The minimum Gasteiger partial charge on any atom is -0.399 e. The minimum absolute atomic E-state index is 0.00501. The molecule has 0 saturated carbocycles. The average Bonchev–Trinajstić information content (AvgIpc) is 3.37. The van der Waals surface area contributed by atoms with Crippen molar-refractivity contribution in [3.8, 4) is 11.3 Å². The van der Waals surface area contributed by atoms with Crippen molar-refractivity contribution in [1.29, 1.82) is 0 Å². The highest BCUT2D eigenvalue weighted by molar-refractivity contribution is 6.26. The molecule has 2 aromatic carbocycles. The van der Waals surface area contributed by atoms with Gasteiger partial charge in [0.05, 0.1) is 23.0 Å². The molecule has 1 unspecified atom stereocenters. The first-order chi connectivity index (χ1) is 16.8. The lowest BCUT2D eigenvalue weighted by atomic mass is 10.0. The Bertz CT molecular complexity index is 1410. The number of amides is 5. The maximum Gasteiger partial charge on any atom is 0.264 e. The molecule has 176 valence electrons. The van der Waals surface area contributed by atoms with Gasteiger partial charge in [0.25, 0.3) is 11.8 Å². The number of nitrogens with zero attached hydrogens (tertiary/aromatic N) is 4. The van der Waals surface area contributed by atoms with Crippen LogP contribution in [0.1, 0.15) is 33.6 Å². The van der Waals surface area contributed by atoms with Crippen molar-refractivity contribution in [3.05, 3.63) is 59.8 Å². The zero-order chi connectivity index (χ0) is 24.7. The van der Waals surface area contributed by atoms with Gasteiger partial charge in [-0.25, -0.2) is 4.68 Å². The van der Waals surface area contributed by atoms with Gasteiger partial charge in [0.2, 0.25) is 17.7 Å². The van der Waals surface area contributed by atoms with Crippen LogP contribution in [0.4, 0.5) is 11.4 Å². The summed E-state index contributed by atoms with van der Waals surface area (Å²) in [7, 11) is 0. The van der Waals surface area contributed by atoms with Crippen LogP contribution in [0, 0.1) is 0 Å². The first kappa shape index (κ1) is 21.9. The second kappa shape index (κ2) is 8.48. The van der Waals surface area contributed by atoms with E-state index in [1.807, 2.05) is 6.07 Å². The molecule has 0 bridgehead atoms. The number of piperidine rings is 1. The molecule has 0 radical (unpaired) electrons. The summed E-state index contributed by atoms with van der Waals surface area (Å²) in [5.74, 6) is -3.02. The lowest BCUT2D eigenvalue weighted by molar-refractivity contribution is -0.136. The Morgan fingerprint density at radius 1 is 1.11 bits per heavy atom. The number of fused-ring (bicyclic) bond motifs is 1. The third-order valence-corrected chi connectivity index (χ3v) is 5.77. The first-order valence-electron chi connectivity index (χ1n) is 10.7. The topological polar surface area (TPSA) is 169 Å². The van der Waals surface area contributed by atoms with Crippen molar-refractivity contribution in [2.75, 3.05) is 11.1 Å². The lowest BCUT2D eigenvalue weighted by Crippen LogP contribution is -2.54. The highest BCUT2D eigenvalue weighted by Crippen LogP contribution is 2.32. The fourth-order valence-electron chi connectivity index (χ4n) is 4.16. The van der Waals surface area contributed by atoms with Crippen LogP contribution in [0.15, 0.2) is 48.7 Å². The molecule has 3 heterocycles. The number of rotatable bonds is 5. The Balaban J connectivity index is 1.33. The molecular weight excluding hydrogens is 454 g/mol. The van der Waals surface area contributed by atoms with E-state index in [9.17, 15) is 24.0 Å². The number of nitrogens with two attached hydrogens (primary N) is 1. The van der Waals surface area contributed by atoms with E-state index in [-0.39, 0.29) is 36.2 Å². The predicted octanol–water partition coefficient (Wildman–Crippen LogP) is 0.567. The molecule has 35 heavy (non-hydrogen) atoms. The summed E-state index contributed by atoms with van der Waals surface area (Å²) >= 11 is 0. The van der Waals surface area contributed by atoms with Crippen LogP contribution in [-0.4, -0.2) is 55.5 Å². The average molecular weight is 473 g/mol. The van der Waals surface area contributed by atoms with E-state index < -0.39 is 35.6 Å². The number of hydrogen-bond acceptors (Lipinski definition) is 8. The van der Waals surface area contributed by atoms with Crippen LogP contribution in [0.5, 0.6) is 0 Å². The van der Waals surface area contributed by atoms with Crippen LogP contribution < -0.4 is 16.4 Å².